The predicted molar refractivity (Wildman–Crippen MR) is 74.9 cm³/mol. The van der Waals surface area contributed by atoms with Crippen molar-refractivity contribution in [1.29, 1.82) is 0 Å². The van der Waals surface area contributed by atoms with Crippen molar-refractivity contribution in [3.8, 4) is 5.75 Å². The summed E-state index contributed by atoms with van der Waals surface area (Å²) in [5.41, 5.74) is 1.61. The van der Waals surface area contributed by atoms with Gasteiger partial charge in [-0.15, -0.1) is 0 Å². The molecule has 1 aliphatic carbocycles. The first-order valence-electron chi connectivity index (χ1n) is 6.82. The summed E-state index contributed by atoms with van der Waals surface area (Å²) in [5.74, 6) is -0.327. The van der Waals surface area contributed by atoms with Crippen LogP contribution in [0.1, 0.15) is 31.2 Å². The topological polar surface area (TPSA) is 75.6 Å². The van der Waals surface area contributed by atoms with Gasteiger partial charge in [0, 0.05) is 11.6 Å². The van der Waals surface area contributed by atoms with E-state index in [9.17, 15) is 9.59 Å². The highest BCUT2D eigenvalue weighted by atomic mass is 16.5. The van der Waals surface area contributed by atoms with Gasteiger partial charge in [-0.1, -0.05) is 12.8 Å². The Labute approximate surface area is 117 Å². The van der Waals surface area contributed by atoms with Crippen molar-refractivity contribution >= 4 is 17.6 Å². The van der Waals surface area contributed by atoms with E-state index in [-0.39, 0.29) is 18.4 Å². The molecule has 5 nitrogen and oxygen atoms in total. The van der Waals surface area contributed by atoms with E-state index in [1.165, 1.54) is 0 Å². The zero-order valence-corrected chi connectivity index (χ0v) is 11.5. The summed E-state index contributed by atoms with van der Waals surface area (Å²) in [7, 11) is 0. The SMILES string of the molecule is Cc1cc(OCC(=O)O)ccc1NC(=O)C1CCCC1. The quantitative estimate of drug-likeness (QED) is 0.867. The molecule has 5 heteroatoms. The molecule has 1 saturated carbocycles. The number of aryl methyl sites for hydroxylation is 1. The third-order valence-corrected chi connectivity index (χ3v) is 3.54. The van der Waals surface area contributed by atoms with Gasteiger partial charge >= 0.3 is 5.97 Å². The molecule has 1 aromatic carbocycles. The van der Waals surface area contributed by atoms with Crippen LogP contribution in [0.25, 0.3) is 0 Å². The molecule has 20 heavy (non-hydrogen) atoms. The lowest BCUT2D eigenvalue weighted by atomic mass is 10.1. The second-order valence-corrected chi connectivity index (χ2v) is 5.13. The van der Waals surface area contributed by atoms with Gasteiger partial charge in [0.25, 0.3) is 0 Å². The van der Waals surface area contributed by atoms with Crippen molar-refractivity contribution in [3.05, 3.63) is 23.8 Å². The maximum absolute atomic E-state index is 12.0. The molecule has 0 unspecified atom stereocenters. The standard InChI is InChI=1S/C15H19NO4/c1-10-8-12(20-9-14(17)18)6-7-13(10)16-15(19)11-4-2-3-5-11/h6-8,11H,2-5,9H2,1H3,(H,16,19)(H,17,18). The Bertz CT molecular complexity index is 507. The number of carbonyl (C=O) groups excluding carboxylic acids is 1. The summed E-state index contributed by atoms with van der Waals surface area (Å²) in [4.78, 5) is 22.5. The van der Waals surface area contributed by atoms with Crippen LogP contribution in [0, 0.1) is 12.8 Å². The Morgan fingerprint density at radius 3 is 2.65 bits per heavy atom. The first kappa shape index (κ1) is 14.4. The molecule has 0 radical (unpaired) electrons. The number of aliphatic carboxylic acids is 1. The Hall–Kier alpha value is -2.04. The number of amides is 1. The first-order valence-corrected chi connectivity index (χ1v) is 6.82. The first-order chi connectivity index (χ1) is 9.56. The molecule has 2 N–H and O–H groups in total. The molecule has 1 fully saturated rings. The Balaban J connectivity index is 1.98. The largest absolute Gasteiger partial charge is 0.482 e. The predicted octanol–water partition coefficient (Wildman–Crippen LogP) is 2.59. The van der Waals surface area contributed by atoms with Crippen LogP contribution in [0.5, 0.6) is 5.75 Å². The minimum atomic E-state index is -1.01. The molecule has 0 aliphatic heterocycles. The molecule has 0 spiro atoms. The monoisotopic (exact) mass is 277 g/mol. The van der Waals surface area contributed by atoms with E-state index in [2.05, 4.69) is 5.32 Å². The van der Waals surface area contributed by atoms with Crippen molar-refractivity contribution in [1.82, 2.24) is 0 Å². The summed E-state index contributed by atoms with van der Waals surface area (Å²) in [5, 5.41) is 11.5. The minimum Gasteiger partial charge on any atom is -0.482 e. The fraction of sp³-hybridized carbons (Fsp3) is 0.467. The molecular formula is C15H19NO4. The van der Waals surface area contributed by atoms with E-state index in [1.54, 1.807) is 18.2 Å². The zero-order chi connectivity index (χ0) is 14.5. The molecule has 1 aromatic rings. The number of carboxylic acid groups (broad SMARTS) is 1. The Morgan fingerprint density at radius 1 is 1.35 bits per heavy atom. The number of anilines is 1. The minimum absolute atomic E-state index is 0.0739. The van der Waals surface area contributed by atoms with Crippen molar-refractivity contribution < 1.29 is 19.4 Å². The van der Waals surface area contributed by atoms with Crippen molar-refractivity contribution in [2.24, 2.45) is 5.92 Å². The molecule has 1 aliphatic rings. The van der Waals surface area contributed by atoms with Gasteiger partial charge < -0.3 is 15.2 Å². The normalized spacial score (nSPS) is 15.1. The molecule has 2 rings (SSSR count). The zero-order valence-electron chi connectivity index (χ0n) is 11.5. The van der Waals surface area contributed by atoms with E-state index in [0.717, 1.165) is 36.9 Å². The van der Waals surface area contributed by atoms with Crippen molar-refractivity contribution in [2.75, 3.05) is 11.9 Å². The van der Waals surface area contributed by atoms with Crippen molar-refractivity contribution in [2.45, 2.75) is 32.6 Å². The van der Waals surface area contributed by atoms with Crippen LogP contribution in [0.3, 0.4) is 0 Å². The van der Waals surface area contributed by atoms with Gasteiger partial charge in [-0.05, 0) is 43.5 Å². The number of rotatable bonds is 5. The number of hydrogen-bond donors (Lipinski definition) is 2. The fourth-order valence-electron chi connectivity index (χ4n) is 2.43. The molecule has 0 heterocycles. The summed E-state index contributed by atoms with van der Waals surface area (Å²) in [6, 6.07) is 5.15. The third-order valence-electron chi connectivity index (χ3n) is 3.54. The van der Waals surface area contributed by atoms with Gasteiger partial charge in [0.1, 0.15) is 5.75 Å². The summed E-state index contributed by atoms with van der Waals surface area (Å²) >= 11 is 0. The molecule has 1 amide bonds. The number of hydrogen-bond acceptors (Lipinski definition) is 3. The van der Waals surface area contributed by atoms with Crippen LogP contribution < -0.4 is 10.1 Å². The lowest BCUT2D eigenvalue weighted by molar-refractivity contribution is -0.139. The average Bonchev–Trinajstić information content (AvgIpc) is 2.93. The maximum Gasteiger partial charge on any atom is 0.341 e. The lowest BCUT2D eigenvalue weighted by Crippen LogP contribution is -2.20. The van der Waals surface area contributed by atoms with Crippen LogP contribution in [0.2, 0.25) is 0 Å². The highest BCUT2D eigenvalue weighted by molar-refractivity contribution is 5.93. The van der Waals surface area contributed by atoms with Gasteiger partial charge in [0.05, 0.1) is 0 Å². The molecule has 0 saturated heterocycles. The van der Waals surface area contributed by atoms with Crippen LogP contribution in [-0.2, 0) is 9.59 Å². The molecule has 0 atom stereocenters. The van der Waals surface area contributed by atoms with E-state index in [0.29, 0.717) is 5.75 Å². The molecular weight excluding hydrogens is 258 g/mol. The maximum atomic E-state index is 12.0. The van der Waals surface area contributed by atoms with E-state index < -0.39 is 5.97 Å². The lowest BCUT2D eigenvalue weighted by Gasteiger charge is -2.13. The summed E-state index contributed by atoms with van der Waals surface area (Å²) in [6.45, 7) is 1.49. The smallest absolute Gasteiger partial charge is 0.341 e. The number of ether oxygens (including phenoxy) is 1. The summed E-state index contributed by atoms with van der Waals surface area (Å²) in [6.07, 6.45) is 4.17. The average molecular weight is 277 g/mol. The van der Waals surface area contributed by atoms with E-state index in [1.807, 2.05) is 6.92 Å². The van der Waals surface area contributed by atoms with Crippen LogP contribution in [-0.4, -0.2) is 23.6 Å². The van der Waals surface area contributed by atoms with Gasteiger partial charge in [0.2, 0.25) is 5.91 Å². The van der Waals surface area contributed by atoms with Gasteiger partial charge in [-0.3, -0.25) is 4.79 Å². The van der Waals surface area contributed by atoms with Crippen molar-refractivity contribution in [3.63, 3.8) is 0 Å². The second kappa shape index (κ2) is 6.41. The van der Waals surface area contributed by atoms with Gasteiger partial charge in [0.15, 0.2) is 6.61 Å². The Morgan fingerprint density at radius 2 is 2.05 bits per heavy atom. The molecule has 0 aromatic heterocycles. The van der Waals surface area contributed by atoms with E-state index >= 15 is 0 Å². The van der Waals surface area contributed by atoms with E-state index in [4.69, 9.17) is 9.84 Å². The second-order valence-electron chi connectivity index (χ2n) is 5.13. The molecule has 108 valence electrons. The van der Waals surface area contributed by atoms with Gasteiger partial charge in [-0.2, -0.15) is 0 Å². The molecule has 0 bridgehead atoms. The summed E-state index contributed by atoms with van der Waals surface area (Å²) < 4.78 is 5.10. The highest BCUT2D eigenvalue weighted by Crippen LogP contribution is 2.27. The Kier molecular flexibility index (Phi) is 4.61. The van der Waals surface area contributed by atoms with Crippen LogP contribution in [0.15, 0.2) is 18.2 Å². The third kappa shape index (κ3) is 3.73. The fourth-order valence-corrected chi connectivity index (χ4v) is 2.43. The van der Waals surface area contributed by atoms with Gasteiger partial charge in [-0.25, -0.2) is 4.79 Å². The number of carboxylic acids is 1. The van der Waals surface area contributed by atoms with Crippen LogP contribution >= 0.6 is 0 Å². The number of carbonyl (C=O) groups is 2. The highest BCUT2D eigenvalue weighted by Gasteiger charge is 2.22. The number of nitrogens with one attached hydrogen (secondary N) is 1. The van der Waals surface area contributed by atoms with Crippen LogP contribution in [0.4, 0.5) is 5.69 Å². The number of benzene rings is 1.